The monoisotopic (exact) mass is 283 g/mol. The standard InChI is InChI=1S/C19H13N3/c1-12-8-16(18(11-21)19(22)17(12)10-20)15-7-6-13-4-2-3-5-14(13)9-15/h2-9H,22H2,1H3. The second kappa shape index (κ2) is 5.24. The molecule has 2 N–H and O–H groups in total. The summed E-state index contributed by atoms with van der Waals surface area (Å²) in [7, 11) is 0. The normalized spacial score (nSPS) is 10.1. The second-order valence-corrected chi connectivity index (χ2v) is 5.19. The molecule has 0 bridgehead atoms. The first kappa shape index (κ1) is 13.7. The van der Waals surface area contributed by atoms with Crippen LogP contribution in [0.2, 0.25) is 0 Å². The quantitative estimate of drug-likeness (QED) is 0.682. The topological polar surface area (TPSA) is 73.6 Å². The number of nitrogens with two attached hydrogens (primary N) is 1. The van der Waals surface area contributed by atoms with Crippen molar-refractivity contribution < 1.29 is 0 Å². The minimum Gasteiger partial charge on any atom is -0.397 e. The molecule has 0 aliphatic heterocycles. The number of fused-ring (bicyclic) bond motifs is 1. The van der Waals surface area contributed by atoms with Gasteiger partial charge in [-0.2, -0.15) is 10.5 Å². The van der Waals surface area contributed by atoms with Crippen LogP contribution in [0.25, 0.3) is 21.9 Å². The first-order valence-corrected chi connectivity index (χ1v) is 6.88. The Morgan fingerprint density at radius 2 is 1.55 bits per heavy atom. The van der Waals surface area contributed by atoms with E-state index in [1.807, 2.05) is 55.5 Å². The number of rotatable bonds is 1. The molecule has 104 valence electrons. The third-order valence-corrected chi connectivity index (χ3v) is 3.85. The molecule has 0 fully saturated rings. The van der Waals surface area contributed by atoms with E-state index in [-0.39, 0.29) is 5.69 Å². The van der Waals surface area contributed by atoms with Gasteiger partial charge in [0.05, 0.1) is 16.8 Å². The molecule has 0 heterocycles. The van der Waals surface area contributed by atoms with Crippen LogP contribution in [0.1, 0.15) is 16.7 Å². The van der Waals surface area contributed by atoms with Crippen molar-refractivity contribution in [2.24, 2.45) is 0 Å². The number of benzene rings is 3. The highest BCUT2D eigenvalue weighted by molar-refractivity contribution is 5.90. The van der Waals surface area contributed by atoms with Crippen molar-refractivity contribution in [3.05, 3.63) is 65.2 Å². The van der Waals surface area contributed by atoms with E-state index in [1.54, 1.807) is 0 Å². The van der Waals surface area contributed by atoms with Gasteiger partial charge in [-0.3, -0.25) is 0 Å². The molecular formula is C19H13N3. The summed E-state index contributed by atoms with van der Waals surface area (Å²) in [4.78, 5) is 0. The molecule has 22 heavy (non-hydrogen) atoms. The average Bonchev–Trinajstić information content (AvgIpc) is 2.54. The number of hydrogen-bond acceptors (Lipinski definition) is 3. The summed E-state index contributed by atoms with van der Waals surface area (Å²) in [6.07, 6.45) is 0. The lowest BCUT2D eigenvalue weighted by atomic mass is 9.92. The molecule has 0 atom stereocenters. The lowest BCUT2D eigenvalue weighted by molar-refractivity contribution is 1.37. The van der Waals surface area contributed by atoms with Crippen molar-refractivity contribution in [1.29, 1.82) is 10.5 Å². The molecule has 0 aromatic heterocycles. The molecule has 0 saturated heterocycles. The minimum atomic E-state index is 0.258. The Bertz CT molecular complexity index is 972. The first-order valence-electron chi connectivity index (χ1n) is 6.88. The van der Waals surface area contributed by atoms with E-state index in [2.05, 4.69) is 12.1 Å². The van der Waals surface area contributed by atoms with Gasteiger partial charge in [0.1, 0.15) is 12.1 Å². The van der Waals surface area contributed by atoms with Gasteiger partial charge in [-0.05, 0) is 41.0 Å². The van der Waals surface area contributed by atoms with Gasteiger partial charge in [-0.15, -0.1) is 0 Å². The van der Waals surface area contributed by atoms with Crippen molar-refractivity contribution in [3.8, 4) is 23.3 Å². The van der Waals surface area contributed by atoms with Gasteiger partial charge in [-0.25, -0.2) is 0 Å². The highest BCUT2D eigenvalue weighted by atomic mass is 14.6. The maximum atomic E-state index is 9.45. The average molecular weight is 283 g/mol. The maximum Gasteiger partial charge on any atom is 0.102 e. The fourth-order valence-electron chi connectivity index (χ4n) is 2.70. The summed E-state index contributed by atoms with van der Waals surface area (Å²) >= 11 is 0. The zero-order valence-electron chi connectivity index (χ0n) is 12.1. The molecular weight excluding hydrogens is 270 g/mol. The van der Waals surface area contributed by atoms with Gasteiger partial charge in [0.15, 0.2) is 0 Å². The van der Waals surface area contributed by atoms with Crippen LogP contribution in [0.15, 0.2) is 48.5 Å². The van der Waals surface area contributed by atoms with E-state index in [1.165, 1.54) is 0 Å². The SMILES string of the molecule is Cc1cc(-c2ccc3ccccc3c2)c(C#N)c(N)c1C#N. The molecule has 3 heteroatoms. The number of aryl methyl sites for hydroxylation is 1. The summed E-state index contributed by atoms with van der Waals surface area (Å²) in [5.74, 6) is 0. The van der Waals surface area contributed by atoms with E-state index < -0.39 is 0 Å². The van der Waals surface area contributed by atoms with Crippen molar-refractivity contribution in [2.45, 2.75) is 6.92 Å². The zero-order valence-corrected chi connectivity index (χ0v) is 12.1. The van der Waals surface area contributed by atoms with E-state index in [4.69, 9.17) is 5.73 Å². The predicted octanol–water partition coefficient (Wildman–Crippen LogP) is 4.14. The van der Waals surface area contributed by atoms with Crippen LogP contribution in [-0.4, -0.2) is 0 Å². The molecule has 0 amide bonds. The Labute approximate surface area is 128 Å². The second-order valence-electron chi connectivity index (χ2n) is 5.19. The van der Waals surface area contributed by atoms with Gasteiger partial charge < -0.3 is 5.73 Å². The van der Waals surface area contributed by atoms with Gasteiger partial charge >= 0.3 is 0 Å². The molecule has 0 saturated carbocycles. The Balaban J connectivity index is 2.31. The Kier molecular flexibility index (Phi) is 3.26. The van der Waals surface area contributed by atoms with Crippen molar-refractivity contribution >= 4 is 16.5 Å². The summed E-state index contributed by atoms with van der Waals surface area (Å²) in [5.41, 5.74) is 9.47. The number of anilines is 1. The van der Waals surface area contributed by atoms with Gasteiger partial charge in [-0.1, -0.05) is 36.4 Å². The summed E-state index contributed by atoms with van der Waals surface area (Å²) < 4.78 is 0. The van der Waals surface area contributed by atoms with Crippen LogP contribution in [0, 0.1) is 29.6 Å². The fraction of sp³-hybridized carbons (Fsp3) is 0.0526. The molecule has 0 aliphatic carbocycles. The number of nitrogens with zero attached hydrogens (tertiary/aromatic N) is 2. The van der Waals surface area contributed by atoms with Crippen molar-refractivity contribution in [2.75, 3.05) is 5.73 Å². The van der Waals surface area contributed by atoms with Crippen molar-refractivity contribution in [3.63, 3.8) is 0 Å². The van der Waals surface area contributed by atoms with E-state index in [0.29, 0.717) is 11.1 Å². The molecule has 0 radical (unpaired) electrons. The smallest absolute Gasteiger partial charge is 0.102 e. The number of nitriles is 2. The molecule has 0 unspecified atom stereocenters. The van der Waals surface area contributed by atoms with E-state index in [9.17, 15) is 10.5 Å². The van der Waals surface area contributed by atoms with Gasteiger partial charge in [0, 0.05) is 5.56 Å². The van der Waals surface area contributed by atoms with Crippen molar-refractivity contribution in [1.82, 2.24) is 0 Å². The predicted molar refractivity (Wildman–Crippen MR) is 88.0 cm³/mol. The van der Waals surface area contributed by atoms with Crippen LogP contribution < -0.4 is 5.73 Å². The minimum absolute atomic E-state index is 0.258. The third kappa shape index (κ3) is 2.06. The molecule has 3 aromatic rings. The molecule has 3 aromatic carbocycles. The molecule has 0 aliphatic rings. The Hall–Kier alpha value is -3.30. The lowest BCUT2D eigenvalue weighted by Crippen LogP contribution is -2.00. The Morgan fingerprint density at radius 3 is 2.23 bits per heavy atom. The Morgan fingerprint density at radius 1 is 0.864 bits per heavy atom. The number of hydrogen-bond donors (Lipinski definition) is 1. The zero-order chi connectivity index (χ0) is 15.7. The first-order chi connectivity index (χ1) is 10.7. The van der Waals surface area contributed by atoms with Crippen LogP contribution >= 0.6 is 0 Å². The van der Waals surface area contributed by atoms with E-state index >= 15 is 0 Å². The molecule has 3 nitrogen and oxygen atoms in total. The summed E-state index contributed by atoms with van der Waals surface area (Å²) in [5, 5.41) is 20.9. The van der Waals surface area contributed by atoms with Gasteiger partial charge in [0.25, 0.3) is 0 Å². The van der Waals surface area contributed by atoms with E-state index in [0.717, 1.165) is 27.5 Å². The highest BCUT2D eigenvalue weighted by Gasteiger charge is 2.15. The van der Waals surface area contributed by atoms with Crippen LogP contribution in [-0.2, 0) is 0 Å². The third-order valence-electron chi connectivity index (χ3n) is 3.85. The molecule has 0 spiro atoms. The lowest BCUT2D eigenvalue weighted by Gasteiger charge is -2.12. The highest BCUT2D eigenvalue weighted by Crippen LogP contribution is 2.33. The summed E-state index contributed by atoms with van der Waals surface area (Å²) in [6.45, 7) is 1.83. The fourth-order valence-corrected chi connectivity index (χ4v) is 2.70. The van der Waals surface area contributed by atoms with Crippen LogP contribution in [0.3, 0.4) is 0 Å². The van der Waals surface area contributed by atoms with Gasteiger partial charge in [0.2, 0.25) is 0 Å². The van der Waals surface area contributed by atoms with Crippen LogP contribution in [0.4, 0.5) is 5.69 Å². The largest absolute Gasteiger partial charge is 0.397 e. The number of nitrogen functional groups attached to an aromatic ring is 1. The van der Waals surface area contributed by atoms with Crippen LogP contribution in [0.5, 0.6) is 0 Å². The summed E-state index contributed by atoms with van der Waals surface area (Å²) in [6, 6.07) is 20.2. The molecule has 3 rings (SSSR count). The maximum absolute atomic E-state index is 9.45.